The minimum atomic E-state index is -1.30. The molecule has 0 aliphatic heterocycles. The minimum absolute atomic E-state index is 0.0227. The number of hydrogen-bond donors (Lipinski definition) is 3. The monoisotopic (exact) mass is 216 g/mol. The largest absolute Gasteiger partial charge is 0.480 e. The van der Waals surface area contributed by atoms with E-state index in [0.29, 0.717) is 6.42 Å². The molecule has 0 radical (unpaired) electrons. The SMILES string of the molecule is CCCCC[C@](N)(CCC(N)=O)C(=O)O. The van der Waals surface area contributed by atoms with Gasteiger partial charge in [-0.05, 0) is 12.8 Å². The van der Waals surface area contributed by atoms with Crippen molar-refractivity contribution < 1.29 is 14.7 Å². The van der Waals surface area contributed by atoms with Crippen LogP contribution >= 0.6 is 0 Å². The van der Waals surface area contributed by atoms with E-state index in [1.165, 1.54) is 0 Å². The molecule has 1 atom stereocenters. The smallest absolute Gasteiger partial charge is 0.323 e. The second-order valence-corrected chi connectivity index (χ2v) is 3.88. The first-order chi connectivity index (χ1) is 6.92. The van der Waals surface area contributed by atoms with Gasteiger partial charge in [-0.1, -0.05) is 26.2 Å². The molecule has 0 aromatic rings. The zero-order chi connectivity index (χ0) is 11.9. The summed E-state index contributed by atoms with van der Waals surface area (Å²) in [6, 6.07) is 0. The molecular formula is C10H20N2O3. The molecule has 1 amide bonds. The molecule has 0 heterocycles. The molecule has 0 rings (SSSR count). The molecule has 0 unspecified atom stereocenters. The van der Waals surface area contributed by atoms with Crippen LogP contribution in [-0.2, 0) is 9.59 Å². The van der Waals surface area contributed by atoms with Crippen LogP contribution in [0.1, 0.15) is 45.4 Å². The van der Waals surface area contributed by atoms with Gasteiger partial charge in [0.2, 0.25) is 5.91 Å². The van der Waals surface area contributed by atoms with Gasteiger partial charge in [-0.2, -0.15) is 0 Å². The van der Waals surface area contributed by atoms with E-state index in [1.54, 1.807) is 0 Å². The summed E-state index contributed by atoms with van der Waals surface area (Å²) >= 11 is 0. The molecule has 5 nitrogen and oxygen atoms in total. The number of aliphatic carboxylic acids is 1. The number of rotatable bonds is 8. The van der Waals surface area contributed by atoms with Crippen LogP contribution in [0.4, 0.5) is 0 Å². The summed E-state index contributed by atoms with van der Waals surface area (Å²) in [6.45, 7) is 2.03. The van der Waals surface area contributed by atoms with Gasteiger partial charge < -0.3 is 16.6 Å². The van der Waals surface area contributed by atoms with Gasteiger partial charge >= 0.3 is 5.97 Å². The number of hydrogen-bond acceptors (Lipinski definition) is 3. The van der Waals surface area contributed by atoms with Crippen LogP contribution in [0.3, 0.4) is 0 Å². The van der Waals surface area contributed by atoms with Crippen molar-refractivity contribution in [1.29, 1.82) is 0 Å². The van der Waals surface area contributed by atoms with Crippen molar-refractivity contribution in [1.82, 2.24) is 0 Å². The van der Waals surface area contributed by atoms with E-state index in [-0.39, 0.29) is 12.8 Å². The highest BCUT2D eigenvalue weighted by Crippen LogP contribution is 2.18. The third-order valence-corrected chi connectivity index (χ3v) is 2.47. The molecule has 0 fully saturated rings. The van der Waals surface area contributed by atoms with E-state index in [1.807, 2.05) is 6.92 Å². The second kappa shape index (κ2) is 6.40. The van der Waals surface area contributed by atoms with Gasteiger partial charge in [-0.3, -0.25) is 9.59 Å². The maximum Gasteiger partial charge on any atom is 0.323 e. The number of carbonyl (C=O) groups excluding carboxylic acids is 1. The van der Waals surface area contributed by atoms with Crippen LogP contribution in [0.15, 0.2) is 0 Å². The van der Waals surface area contributed by atoms with Crippen molar-refractivity contribution >= 4 is 11.9 Å². The summed E-state index contributed by atoms with van der Waals surface area (Å²) in [5.74, 6) is -1.57. The van der Waals surface area contributed by atoms with Gasteiger partial charge in [0.1, 0.15) is 5.54 Å². The van der Waals surface area contributed by atoms with Crippen LogP contribution < -0.4 is 11.5 Å². The van der Waals surface area contributed by atoms with Crippen LogP contribution in [0.2, 0.25) is 0 Å². The summed E-state index contributed by atoms with van der Waals surface area (Å²) in [6.07, 6.45) is 3.24. The van der Waals surface area contributed by atoms with Crippen molar-refractivity contribution in [3.8, 4) is 0 Å². The summed E-state index contributed by atoms with van der Waals surface area (Å²) < 4.78 is 0. The fraction of sp³-hybridized carbons (Fsp3) is 0.800. The lowest BCUT2D eigenvalue weighted by molar-refractivity contribution is -0.144. The van der Waals surface area contributed by atoms with Gasteiger partial charge in [-0.15, -0.1) is 0 Å². The molecule has 5 N–H and O–H groups in total. The van der Waals surface area contributed by atoms with E-state index in [4.69, 9.17) is 16.6 Å². The Morgan fingerprint density at radius 1 is 1.27 bits per heavy atom. The standard InChI is InChI=1S/C10H20N2O3/c1-2-3-4-6-10(12,9(14)15)7-5-8(11)13/h2-7,12H2,1H3,(H2,11,13)(H,14,15)/t10-/m0/s1. The summed E-state index contributed by atoms with van der Waals surface area (Å²) in [7, 11) is 0. The molecule has 0 spiro atoms. The van der Waals surface area contributed by atoms with E-state index >= 15 is 0 Å². The lowest BCUT2D eigenvalue weighted by atomic mass is 9.88. The number of primary amides is 1. The van der Waals surface area contributed by atoms with Gasteiger partial charge in [0.05, 0.1) is 0 Å². The zero-order valence-corrected chi connectivity index (χ0v) is 9.16. The Kier molecular flexibility index (Phi) is 5.93. The number of amides is 1. The maximum absolute atomic E-state index is 11.0. The molecule has 0 aromatic heterocycles. The maximum atomic E-state index is 11.0. The first-order valence-electron chi connectivity index (χ1n) is 5.23. The average Bonchev–Trinajstić information content (AvgIpc) is 2.15. The number of carbonyl (C=O) groups is 2. The first kappa shape index (κ1) is 13.9. The molecule has 0 bridgehead atoms. The van der Waals surface area contributed by atoms with Crippen LogP contribution in [0.25, 0.3) is 0 Å². The highest BCUT2D eigenvalue weighted by molar-refractivity contribution is 5.80. The van der Waals surface area contributed by atoms with Crippen LogP contribution in [0, 0.1) is 0 Å². The van der Waals surface area contributed by atoms with E-state index in [9.17, 15) is 9.59 Å². The molecule has 0 aromatic carbocycles. The van der Waals surface area contributed by atoms with Crippen LogP contribution in [-0.4, -0.2) is 22.5 Å². The topological polar surface area (TPSA) is 106 Å². The fourth-order valence-electron chi connectivity index (χ4n) is 1.38. The normalized spacial score (nSPS) is 14.5. The average molecular weight is 216 g/mol. The number of carboxylic acids is 1. The Labute approximate surface area is 89.8 Å². The highest BCUT2D eigenvalue weighted by atomic mass is 16.4. The lowest BCUT2D eigenvalue weighted by Gasteiger charge is -2.23. The molecule has 0 aliphatic carbocycles. The molecule has 0 saturated heterocycles. The third kappa shape index (κ3) is 5.37. The van der Waals surface area contributed by atoms with Crippen molar-refractivity contribution in [2.24, 2.45) is 11.5 Å². The quantitative estimate of drug-likeness (QED) is 0.517. The number of unbranched alkanes of at least 4 members (excludes halogenated alkanes) is 2. The van der Waals surface area contributed by atoms with E-state index in [0.717, 1.165) is 19.3 Å². The van der Waals surface area contributed by atoms with Crippen molar-refractivity contribution in [2.45, 2.75) is 51.0 Å². The summed E-state index contributed by atoms with van der Waals surface area (Å²) in [4.78, 5) is 21.5. The predicted molar refractivity (Wildman–Crippen MR) is 57.1 cm³/mol. The Hall–Kier alpha value is -1.10. The van der Waals surface area contributed by atoms with Crippen molar-refractivity contribution in [3.05, 3.63) is 0 Å². The Bertz CT molecular complexity index is 231. The molecule has 0 saturated carbocycles. The Morgan fingerprint density at radius 3 is 2.27 bits per heavy atom. The summed E-state index contributed by atoms with van der Waals surface area (Å²) in [5.41, 5.74) is 9.39. The van der Waals surface area contributed by atoms with Crippen molar-refractivity contribution in [3.63, 3.8) is 0 Å². The molecule has 5 heteroatoms. The second-order valence-electron chi connectivity index (χ2n) is 3.88. The molecule has 88 valence electrons. The summed E-state index contributed by atoms with van der Waals surface area (Å²) in [5, 5.41) is 8.97. The minimum Gasteiger partial charge on any atom is -0.480 e. The van der Waals surface area contributed by atoms with Crippen molar-refractivity contribution in [2.75, 3.05) is 0 Å². The highest BCUT2D eigenvalue weighted by Gasteiger charge is 2.33. The zero-order valence-electron chi connectivity index (χ0n) is 9.16. The molecular weight excluding hydrogens is 196 g/mol. The van der Waals surface area contributed by atoms with Gasteiger partial charge in [0.25, 0.3) is 0 Å². The lowest BCUT2D eigenvalue weighted by Crippen LogP contribution is -2.48. The van der Waals surface area contributed by atoms with E-state index in [2.05, 4.69) is 0 Å². The predicted octanol–water partition coefficient (Wildman–Crippen LogP) is 0.614. The molecule has 15 heavy (non-hydrogen) atoms. The number of nitrogens with two attached hydrogens (primary N) is 2. The van der Waals surface area contributed by atoms with E-state index < -0.39 is 17.4 Å². The first-order valence-corrected chi connectivity index (χ1v) is 5.23. The van der Waals surface area contributed by atoms with Gasteiger partial charge in [0.15, 0.2) is 0 Å². The van der Waals surface area contributed by atoms with Crippen LogP contribution in [0.5, 0.6) is 0 Å². The molecule has 0 aliphatic rings. The fourth-order valence-corrected chi connectivity index (χ4v) is 1.38. The third-order valence-electron chi connectivity index (χ3n) is 2.47. The Morgan fingerprint density at radius 2 is 1.87 bits per heavy atom. The van der Waals surface area contributed by atoms with Gasteiger partial charge in [0, 0.05) is 6.42 Å². The number of carboxylic acid groups (broad SMARTS) is 1. The Balaban J connectivity index is 4.19. The van der Waals surface area contributed by atoms with Gasteiger partial charge in [-0.25, -0.2) is 0 Å².